The van der Waals surface area contributed by atoms with E-state index in [1.165, 1.54) is 0 Å². The number of pyridine rings is 1. The Bertz CT molecular complexity index is 1350. The van der Waals surface area contributed by atoms with Crippen LogP contribution in [0, 0.1) is 23.7 Å². The zero-order valence-electron chi connectivity index (χ0n) is 23.5. The van der Waals surface area contributed by atoms with Crippen molar-refractivity contribution in [3.05, 3.63) is 65.2 Å². The number of fused-ring (bicyclic) bond motifs is 1. The van der Waals surface area contributed by atoms with Crippen molar-refractivity contribution in [2.75, 3.05) is 10.6 Å². The summed E-state index contributed by atoms with van der Waals surface area (Å²) < 4.78 is 0. The molecule has 0 bridgehead atoms. The van der Waals surface area contributed by atoms with Crippen molar-refractivity contribution in [3.8, 4) is 23.7 Å². The number of nitrogens with one attached hydrogen (secondary N) is 2. The monoisotopic (exact) mass is 521 g/mol. The molecule has 0 saturated heterocycles. The van der Waals surface area contributed by atoms with Gasteiger partial charge < -0.3 is 10.6 Å². The number of carbonyl (C=O) groups excluding carboxylic acids is 2. The van der Waals surface area contributed by atoms with E-state index in [4.69, 9.17) is 0 Å². The summed E-state index contributed by atoms with van der Waals surface area (Å²) in [6.45, 7) is 6.11. The number of hydrogen-bond donors (Lipinski definition) is 2. The van der Waals surface area contributed by atoms with E-state index in [0.717, 1.165) is 73.3 Å². The van der Waals surface area contributed by atoms with Crippen molar-refractivity contribution in [2.24, 2.45) is 0 Å². The number of amides is 2. The molecule has 0 aliphatic carbocycles. The van der Waals surface area contributed by atoms with Gasteiger partial charge in [-0.1, -0.05) is 94.4 Å². The van der Waals surface area contributed by atoms with Crippen molar-refractivity contribution in [1.82, 2.24) is 4.98 Å². The number of rotatable bonds is 12. The van der Waals surface area contributed by atoms with Gasteiger partial charge in [0, 0.05) is 34.9 Å². The minimum absolute atomic E-state index is 0.0858. The van der Waals surface area contributed by atoms with Crippen LogP contribution in [0.1, 0.15) is 102 Å². The third kappa shape index (κ3) is 9.62. The molecule has 0 radical (unpaired) electrons. The molecular formula is C34H39N3O2. The molecule has 0 aliphatic heterocycles. The topological polar surface area (TPSA) is 71.1 Å². The van der Waals surface area contributed by atoms with E-state index in [2.05, 4.69) is 65.3 Å². The second kappa shape index (κ2) is 16.0. The number of aromatic nitrogens is 1. The lowest BCUT2D eigenvalue weighted by Gasteiger charge is -2.09. The molecule has 1 aromatic heterocycles. The molecule has 2 N–H and O–H groups in total. The van der Waals surface area contributed by atoms with Gasteiger partial charge >= 0.3 is 0 Å². The lowest BCUT2D eigenvalue weighted by molar-refractivity contribution is -0.117. The average molecular weight is 522 g/mol. The van der Waals surface area contributed by atoms with Gasteiger partial charge in [-0.2, -0.15) is 0 Å². The van der Waals surface area contributed by atoms with Crippen molar-refractivity contribution in [3.63, 3.8) is 0 Å². The SMILES string of the molecule is CC#Cc1cccc2cccc(C#Cc3cc(NC(=O)CCCCCC)nc(NC(=O)CCCCCC)c3)c12. The van der Waals surface area contributed by atoms with Crippen molar-refractivity contribution in [1.29, 1.82) is 0 Å². The minimum atomic E-state index is -0.0858. The molecule has 39 heavy (non-hydrogen) atoms. The maximum Gasteiger partial charge on any atom is 0.225 e. The molecule has 0 spiro atoms. The van der Waals surface area contributed by atoms with Gasteiger partial charge in [0.2, 0.25) is 11.8 Å². The fourth-order valence-electron chi connectivity index (χ4n) is 4.39. The third-order valence-electron chi connectivity index (χ3n) is 6.38. The van der Waals surface area contributed by atoms with E-state index in [0.29, 0.717) is 30.0 Å². The number of nitrogens with zero attached hydrogens (tertiary/aromatic N) is 1. The van der Waals surface area contributed by atoms with Gasteiger partial charge in [0.05, 0.1) is 0 Å². The molecule has 1 heterocycles. The van der Waals surface area contributed by atoms with Crippen LogP contribution >= 0.6 is 0 Å². The summed E-state index contributed by atoms with van der Waals surface area (Å²) in [5, 5.41) is 7.88. The van der Waals surface area contributed by atoms with Gasteiger partial charge in [0.25, 0.3) is 0 Å². The number of anilines is 2. The van der Waals surface area contributed by atoms with Crippen molar-refractivity contribution in [2.45, 2.75) is 85.0 Å². The van der Waals surface area contributed by atoms with Crippen LogP contribution in [0.5, 0.6) is 0 Å². The molecule has 202 valence electrons. The zero-order chi connectivity index (χ0) is 27.9. The van der Waals surface area contributed by atoms with Crippen LogP contribution in [0.4, 0.5) is 11.6 Å². The molecule has 5 nitrogen and oxygen atoms in total. The Kier molecular flexibility index (Phi) is 12.1. The fraction of sp³-hybridized carbons (Fsp3) is 0.382. The van der Waals surface area contributed by atoms with Crippen LogP contribution in [0.2, 0.25) is 0 Å². The quantitative estimate of drug-likeness (QED) is 0.188. The van der Waals surface area contributed by atoms with E-state index in [-0.39, 0.29) is 11.8 Å². The first-order chi connectivity index (χ1) is 19.0. The van der Waals surface area contributed by atoms with E-state index in [1.807, 2.05) is 31.2 Å². The number of carbonyl (C=O) groups is 2. The second-order valence-electron chi connectivity index (χ2n) is 9.68. The molecule has 5 heteroatoms. The summed E-state index contributed by atoms with van der Waals surface area (Å²) in [5.41, 5.74) is 2.45. The lowest BCUT2D eigenvalue weighted by Crippen LogP contribution is -2.16. The predicted molar refractivity (Wildman–Crippen MR) is 161 cm³/mol. The molecule has 0 saturated carbocycles. The van der Waals surface area contributed by atoms with Crippen LogP contribution in [0.15, 0.2) is 48.5 Å². The van der Waals surface area contributed by atoms with E-state index >= 15 is 0 Å². The molecular weight excluding hydrogens is 482 g/mol. The van der Waals surface area contributed by atoms with Crippen LogP contribution in [0.25, 0.3) is 10.8 Å². The molecule has 0 atom stereocenters. The second-order valence-corrected chi connectivity index (χ2v) is 9.68. The molecule has 2 amide bonds. The molecule has 3 aromatic rings. The summed E-state index contributed by atoms with van der Waals surface area (Å²) >= 11 is 0. The van der Waals surface area contributed by atoms with E-state index in [1.54, 1.807) is 12.1 Å². The third-order valence-corrected chi connectivity index (χ3v) is 6.38. The van der Waals surface area contributed by atoms with Gasteiger partial charge in [-0.25, -0.2) is 4.98 Å². The van der Waals surface area contributed by atoms with Gasteiger partial charge in [-0.15, -0.1) is 5.92 Å². The van der Waals surface area contributed by atoms with Gasteiger partial charge in [-0.05, 0) is 49.4 Å². The minimum Gasteiger partial charge on any atom is -0.311 e. The molecule has 0 aliphatic rings. The first-order valence-corrected chi connectivity index (χ1v) is 14.1. The largest absolute Gasteiger partial charge is 0.311 e. The zero-order valence-corrected chi connectivity index (χ0v) is 23.5. The Labute approximate surface area is 233 Å². The van der Waals surface area contributed by atoms with E-state index < -0.39 is 0 Å². The van der Waals surface area contributed by atoms with Crippen LogP contribution in [-0.2, 0) is 9.59 Å². The fourth-order valence-corrected chi connectivity index (χ4v) is 4.39. The first-order valence-electron chi connectivity index (χ1n) is 14.1. The predicted octanol–water partition coefficient (Wildman–Crippen LogP) is 7.82. The van der Waals surface area contributed by atoms with Gasteiger partial charge in [0.15, 0.2) is 0 Å². The normalized spacial score (nSPS) is 10.2. The summed E-state index contributed by atoms with van der Waals surface area (Å²) in [4.78, 5) is 29.6. The molecule has 3 rings (SSSR count). The number of unbranched alkanes of at least 4 members (excludes halogenated alkanes) is 6. The highest BCUT2D eigenvalue weighted by Gasteiger charge is 2.10. The standard InChI is InChI=1S/C34H39N3O2/c1-4-7-9-11-20-32(38)36-30-24-26(25-31(35-30)37-33(39)21-12-10-8-5-2)22-23-29-19-14-18-28-17-13-16-27(15-6-3)34(28)29/h13-14,16-19,24-25H,4-5,7-12,20-21H2,1-3H3,(H2,35,36,37,38,39). The first kappa shape index (κ1) is 29.5. The lowest BCUT2D eigenvalue weighted by atomic mass is 9.99. The van der Waals surface area contributed by atoms with Crippen molar-refractivity contribution < 1.29 is 9.59 Å². The maximum atomic E-state index is 12.6. The Morgan fingerprint density at radius 2 is 1.26 bits per heavy atom. The highest BCUT2D eigenvalue weighted by atomic mass is 16.2. The van der Waals surface area contributed by atoms with Crippen LogP contribution in [-0.4, -0.2) is 16.8 Å². The number of hydrogen-bond acceptors (Lipinski definition) is 3. The van der Waals surface area contributed by atoms with E-state index in [9.17, 15) is 9.59 Å². The van der Waals surface area contributed by atoms with Crippen LogP contribution in [0.3, 0.4) is 0 Å². The summed E-state index contributed by atoms with van der Waals surface area (Å²) in [6.07, 6.45) is 9.07. The van der Waals surface area contributed by atoms with Crippen LogP contribution < -0.4 is 10.6 Å². The Hall–Kier alpha value is -4.09. The summed E-state index contributed by atoms with van der Waals surface area (Å²) in [5.74, 6) is 13.3. The summed E-state index contributed by atoms with van der Waals surface area (Å²) in [7, 11) is 0. The van der Waals surface area contributed by atoms with Crippen molar-refractivity contribution >= 4 is 34.2 Å². The summed E-state index contributed by atoms with van der Waals surface area (Å²) in [6, 6.07) is 15.6. The smallest absolute Gasteiger partial charge is 0.225 e. The van der Waals surface area contributed by atoms with Gasteiger partial charge in [0.1, 0.15) is 11.6 Å². The highest BCUT2D eigenvalue weighted by Crippen LogP contribution is 2.23. The number of benzene rings is 2. The Morgan fingerprint density at radius 1 is 0.718 bits per heavy atom. The Morgan fingerprint density at radius 3 is 1.77 bits per heavy atom. The molecule has 2 aromatic carbocycles. The average Bonchev–Trinajstić information content (AvgIpc) is 2.92. The maximum absolute atomic E-state index is 12.6. The Balaban J connectivity index is 1.89. The molecule has 0 fully saturated rings. The molecule has 0 unspecified atom stereocenters. The highest BCUT2D eigenvalue weighted by molar-refractivity contribution is 5.94. The van der Waals surface area contributed by atoms with Gasteiger partial charge in [-0.3, -0.25) is 9.59 Å².